The second kappa shape index (κ2) is 5.81. The molecular weight excluding hydrogens is 295 g/mol. The predicted octanol–water partition coefficient (Wildman–Crippen LogP) is 3.89. The molecule has 2 aromatic rings. The number of hydrogen-bond acceptors (Lipinski definition) is 1. The molecule has 0 saturated carbocycles. The van der Waals surface area contributed by atoms with Crippen molar-refractivity contribution in [1.29, 1.82) is 0 Å². The Bertz CT molecular complexity index is 460. The van der Waals surface area contributed by atoms with Crippen LogP contribution < -0.4 is 0 Å². The molecule has 0 aliphatic carbocycles. The van der Waals surface area contributed by atoms with Gasteiger partial charge in [-0.2, -0.15) is 5.56 Å². The van der Waals surface area contributed by atoms with Crippen molar-refractivity contribution in [2.24, 2.45) is 0 Å². The molecular formula is C13H11ClNY-. The van der Waals surface area contributed by atoms with E-state index in [1.54, 1.807) is 0 Å². The molecule has 1 radical (unpaired) electrons. The normalized spacial score (nSPS) is 9.62. The molecule has 0 fully saturated rings. The van der Waals surface area contributed by atoms with Crippen molar-refractivity contribution in [2.45, 2.75) is 6.92 Å². The Balaban J connectivity index is 0.00000128. The molecule has 0 N–H and O–H groups in total. The van der Waals surface area contributed by atoms with Gasteiger partial charge in [0.1, 0.15) is 0 Å². The molecule has 0 bridgehead atoms. The standard InChI is InChI=1S/C13H11ClN.Y/c1-9-10(2)15-13(8-12(9)14)11-6-4-3-5-7-11;/h3-8H,2H2,1H3;/q-1;. The Morgan fingerprint density at radius 2 is 1.81 bits per heavy atom. The minimum Gasteiger partial charge on any atom is -0.287 e. The first kappa shape index (κ1) is 13.7. The van der Waals surface area contributed by atoms with Gasteiger partial charge in [0.15, 0.2) is 0 Å². The number of rotatable bonds is 1. The zero-order chi connectivity index (χ0) is 10.8. The van der Waals surface area contributed by atoms with Crippen LogP contribution in [0.2, 0.25) is 5.02 Å². The van der Waals surface area contributed by atoms with Crippen molar-refractivity contribution in [3.05, 3.63) is 59.6 Å². The van der Waals surface area contributed by atoms with Crippen LogP contribution in [0, 0.1) is 13.8 Å². The number of nitrogens with zero attached hydrogens (tertiary/aromatic N) is 1. The monoisotopic (exact) mass is 305 g/mol. The van der Waals surface area contributed by atoms with Gasteiger partial charge in [0.05, 0.1) is 5.69 Å². The first-order chi connectivity index (χ1) is 7.18. The van der Waals surface area contributed by atoms with E-state index in [0.29, 0.717) is 5.02 Å². The van der Waals surface area contributed by atoms with Gasteiger partial charge in [-0.15, -0.1) is 18.5 Å². The van der Waals surface area contributed by atoms with Gasteiger partial charge in [-0.3, -0.25) is 4.98 Å². The topological polar surface area (TPSA) is 12.9 Å². The fourth-order valence-corrected chi connectivity index (χ4v) is 1.60. The van der Waals surface area contributed by atoms with E-state index < -0.39 is 0 Å². The first-order valence-electron chi connectivity index (χ1n) is 4.73. The number of halogens is 1. The summed E-state index contributed by atoms with van der Waals surface area (Å²) in [6.07, 6.45) is 0. The van der Waals surface area contributed by atoms with Crippen LogP contribution in [0.3, 0.4) is 0 Å². The zero-order valence-corrected chi connectivity index (χ0v) is 12.7. The molecule has 0 spiro atoms. The Morgan fingerprint density at radius 3 is 2.38 bits per heavy atom. The molecule has 0 aliphatic heterocycles. The van der Waals surface area contributed by atoms with Crippen molar-refractivity contribution in [1.82, 2.24) is 4.98 Å². The molecule has 2 rings (SSSR count). The van der Waals surface area contributed by atoms with E-state index in [4.69, 9.17) is 11.6 Å². The maximum Gasteiger partial charge on any atom is 0.0671 e. The van der Waals surface area contributed by atoms with Gasteiger partial charge in [0.25, 0.3) is 0 Å². The molecule has 0 aliphatic rings. The van der Waals surface area contributed by atoms with Gasteiger partial charge >= 0.3 is 0 Å². The van der Waals surface area contributed by atoms with Gasteiger partial charge in [-0.25, -0.2) is 6.92 Å². The van der Waals surface area contributed by atoms with E-state index in [1.165, 1.54) is 0 Å². The van der Waals surface area contributed by atoms with Crippen LogP contribution in [0.4, 0.5) is 0 Å². The van der Waals surface area contributed by atoms with Crippen molar-refractivity contribution in [2.75, 3.05) is 0 Å². The van der Waals surface area contributed by atoms with Crippen LogP contribution in [-0.2, 0) is 32.7 Å². The quantitative estimate of drug-likeness (QED) is 0.728. The summed E-state index contributed by atoms with van der Waals surface area (Å²) in [4.78, 5) is 4.41. The van der Waals surface area contributed by atoms with Crippen LogP contribution >= 0.6 is 11.6 Å². The van der Waals surface area contributed by atoms with Crippen LogP contribution in [0.15, 0.2) is 36.4 Å². The summed E-state index contributed by atoms with van der Waals surface area (Å²) >= 11 is 6.09. The maximum atomic E-state index is 6.09. The van der Waals surface area contributed by atoms with E-state index in [-0.39, 0.29) is 32.7 Å². The Morgan fingerprint density at radius 1 is 1.19 bits per heavy atom. The number of pyridine rings is 1. The van der Waals surface area contributed by atoms with Gasteiger partial charge in [0.2, 0.25) is 0 Å². The molecule has 0 unspecified atom stereocenters. The van der Waals surface area contributed by atoms with Crippen molar-refractivity contribution < 1.29 is 32.7 Å². The van der Waals surface area contributed by atoms with Crippen molar-refractivity contribution >= 4 is 11.6 Å². The van der Waals surface area contributed by atoms with Gasteiger partial charge in [-0.1, -0.05) is 36.0 Å². The van der Waals surface area contributed by atoms with Crippen LogP contribution in [0.1, 0.15) is 11.3 Å². The molecule has 1 aromatic carbocycles. The molecule has 16 heavy (non-hydrogen) atoms. The minimum absolute atomic E-state index is 0. The summed E-state index contributed by atoms with van der Waals surface area (Å²) in [6, 6.07) is 11.8. The summed E-state index contributed by atoms with van der Waals surface area (Å²) in [5, 5.41) is 0.717. The largest absolute Gasteiger partial charge is 0.287 e. The third-order valence-electron chi connectivity index (χ3n) is 2.38. The van der Waals surface area contributed by atoms with Gasteiger partial charge in [-0.05, 0) is 16.7 Å². The molecule has 1 nitrogen and oxygen atoms in total. The maximum absolute atomic E-state index is 6.09. The fourth-order valence-electron chi connectivity index (χ4n) is 1.38. The average molecular weight is 306 g/mol. The Hall–Kier alpha value is -0.366. The Labute approximate surface area is 126 Å². The summed E-state index contributed by atoms with van der Waals surface area (Å²) in [7, 11) is 0. The number of aromatic nitrogens is 1. The summed E-state index contributed by atoms with van der Waals surface area (Å²) < 4.78 is 0. The molecule has 1 aromatic heterocycles. The minimum atomic E-state index is 0. The zero-order valence-electron chi connectivity index (χ0n) is 9.07. The average Bonchev–Trinajstić information content (AvgIpc) is 2.26. The Kier molecular flexibility index (Phi) is 4.98. The fraction of sp³-hybridized carbons (Fsp3) is 0.0769. The molecule has 3 heteroatoms. The summed E-state index contributed by atoms with van der Waals surface area (Å²) in [5.41, 5.74) is 3.61. The van der Waals surface area contributed by atoms with Crippen molar-refractivity contribution in [3.63, 3.8) is 0 Å². The SMILES string of the molecule is [CH2-]c1nc(-c2ccccc2)cc(Cl)c1C.[Y]. The van der Waals surface area contributed by atoms with Gasteiger partial charge in [0, 0.05) is 32.7 Å². The molecule has 0 atom stereocenters. The predicted molar refractivity (Wildman–Crippen MR) is 63.9 cm³/mol. The van der Waals surface area contributed by atoms with Crippen molar-refractivity contribution in [3.8, 4) is 11.3 Å². The van der Waals surface area contributed by atoms with E-state index in [1.807, 2.05) is 43.3 Å². The second-order valence-corrected chi connectivity index (χ2v) is 3.83. The molecule has 1 heterocycles. The molecule has 0 saturated heterocycles. The summed E-state index contributed by atoms with van der Waals surface area (Å²) in [6.45, 7) is 5.79. The molecule has 79 valence electrons. The van der Waals surface area contributed by atoms with Crippen LogP contribution in [-0.4, -0.2) is 4.98 Å². The van der Waals surface area contributed by atoms with E-state index in [0.717, 1.165) is 22.5 Å². The van der Waals surface area contributed by atoms with Gasteiger partial charge < -0.3 is 0 Å². The summed E-state index contributed by atoms with van der Waals surface area (Å²) in [5.74, 6) is 0. The second-order valence-electron chi connectivity index (χ2n) is 3.43. The third kappa shape index (κ3) is 2.85. The number of benzene rings is 1. The van der Waals surface area contributed by atoms with E-state index in [2.05, 4.69) is 11.9 Å². The third-order valence-corrected chi connectivity index (χ3v) is 2.77. The first-order valence-corrected chi connectivity index (χ1v) is 5.11. The van der Waals surface area contributed by atoms with Crippen LogP contribution in [0.5, 0.6) is 0 Å². The smallest absolute Gasteiger partial charge is 0.0671 e. The van der Waals surface area contributed by atoms with E-state index >= 15 is 0 Å². The van der Waals surface area contributed by atoms with E-state index in [9.17, 15) is 0 Å². The number of hydrogen-bond donors (Lipinski definition) is 0. The van der Waals surface area contributed by atoms with Crippen LogP contribution in [0.25, 0.3) is 11.3 Å². The molecule has 0 amide bonds.